The fourth-order valence-corrected chi connectivity index (χ4v) is 3.55. The van der Waals surface area contributed by atoms with Crippen LogP contribution in [0.1, 0.15) is 25.7 Å². The van der Waals surface area contributed by atoms with Crippen molar-refractivity contribution in [1.29, 1.82) is 0 Å². The molecule has 0 amide bonds. The van der Waals surface area contributed by atoms with Crippen LogP contribution in [0.3, 0.4) is 0 Å². The summed E-state index contributed by atoms with van der Waals surface area (Å²) in [5.74, 6) is 0. The lowest BCUT2D eigenvalue weighted by Gasteiger charge is -2.22. The third kappa shape index (κ3) is 3.19. The predicted molar refractivity (Wildman–Crippen MR) is 81.3 cm³/mol. The Morgan fingerprint density at radius 1 is 1.42 bits per heavy atom. The van der Waals surface area contributed by atoms with E-state index in [2.05, 4.69) is 10.3 Å². The van der Waals surface area contributed by atoms with Gasteiger partial charge in [0.25, 0.3) is 0 Å². The van der Waals surface area contributed by atoms with E-state index < -0.39 is 0 Å². The number of ether oxygens (including phenoxy) is 1. The van der Waals surface area contributed by atoms with E-state index in [4.69, 9.17) is 16.3 Å². The second-order valence-corrected chi connectivity index (χ2v) is 6.22. The van der Waals surface area contributed by atoms with Crippen molar-refractivity contribution in [2.45, 2.75) is 31.8 Å². The lowest BCUT2D eigenvalue weighted by Crippen LogP contribution is -2.21. The van der Waals surface area contributed by atoms with Gasteiger partial charge in [0.15, 0.2) is 5.13 Å². The second kappa shape index (κ2) is 6.07. The maximum absolute atomic E-state index is 6.15. The lowest BCUT2D eigenvalue weighted by molar-refractivity contribution is 0.0134. The molecule has 19 heavy (non-hydrogen) atoms. The fourth-order valence-electron chi connectivity index (χ4n) is 2.37. The molecule has 3 rings (SSSR count). The summed E-state index contributed by atoms with van der Waals surface area (Å²) >= 11 is 7.76. The smallest absolute Gasteiger partial charge is 0.183 e. The molecule has 5 heteroatoms. The van der Waals surface area contributed by atoms with Crippen LogP contribution in [0.5, 0.6) is 0 Å². The van der Waals surface area contributed by atoms with E-state index in [1.165, 1.54) is 19.3 Å². The van der Waals surface area contributed by atoms with E-state index in [0.717, 1.165) is 39.9 Å². The van der Waals surface area contributed by atoms with Gasteiger partial charge in [-0.3, -0.25) is 0 Å². The van der Waals surface area contributed by atoms with E-state index in [1.807, 2.05) is 18.2 Å². The first-order valence-corrected chi connectivity index (χ1v) is 7.93. The molecule has 0 bridgehead atoms. The van der Waals surface area contributed by atoms with Gasteiger partial charge in [-0.25, -0.2) is 4.98 Å². The number of fused-ring (bicyclic) bond motifs is 1. The van der Waals surface area contributed by atoms with Gasteiger partial charge in [-0.05, 0) is 37.8 Å². The highest BCUT2D eigenvalue weighted by molar-refractivity contribution is 7.22. The Hall–Kier alpha value is -0.840. The molecule has 2 aromatic rings. The minimum absolute atomic E-state index is 0.416. The third-order valence-corrected chi connectivity index (χ3v) is 4.87. The van der Waals surface area contributed by atoms with Crippen molar-refractivity contribution in [1.82, 2.24) is 4.98 Å². The maximum atomic E-state index is 6.15. The molecule has 102 valence electrons. The first-order valence-electron chi connectivity index (χ1n) is 6.73. The van der Waals surface area contributed by atoms with Crippen LogP contribution in [0.25, 0.3) is 10.2 Å². The molecule has 0 saturated carbocycles. The SMILES string of the molecule is Clc1cccc2nc(NCCC3CCCCO3)sc12. The quantitative estimate of drug-likeness (QED) is 0.912. The zero-order chi connectivity index (χ0) is 13.1. The van der Waals surface area contributed by atoms with Crippen molar-refractivity contribution >= 4 is 38.3 Å². The van der Waals surface area contributed by atoms with Gasteiger partial charge in [0.05, 0.1) is 21.3 Å². The molecule has 0 aliphatic carbocycles. The highest BCUT2D eigenvalue weighted by atomic mass is 35.5. The minimum Gasteiger partial charge on any atom is -0.378 e. The fraction of sp³-hybridized carbons (Fsp3) is 0.500. The molecule has 1 saturated heterocycles. The molecule has 3 nitrogen and oxygen atoms in total. The van der Waals surface area contributed by atoms with Gasteiger partial charge < -0.3 is 10.1 Å². The molecule has 1 aliphatic rings. The average Bonchev–Trinajstić information content (AvgIpc) is 2.84. The number of anilines is 1. The van der Waals surface area contributed by atoms with Gasteiger partial charge in [0, 0.05) is 13.2 Å². The number of rotatable bonds is 4. The van der Waals surface area contributed by atoms with Crippen LogP contribution >= 0.6 is 22.9 Å². The highest BCUT2D eigenvalue weighted by Gasteiger charge is 2.13. The average molecular weight is 297 g/mol. The monoisotopic (exact) mass is 296 g/mol. The Kier molecular flexibility index (Phi) is 4.21. The molecule has 2 heterocycles. The summed E-state index contributed by atoms with van der Waals surface area (Å²) < 4.78 is 6.77. The lowest BCUT2D eigenvalue weighted by atomic mass is 10.1. The highest BCUT2D eigenvalue weighted by Crippen LogP contribution is 2.31. The van der Waals surface area contributed by atoms with E-state index >= 15 is 0 Å². The summed E-state index contributed by atoms with van der Waals surface area (Å²) in [5, 5.41) is 5.10. The largest absolute Gasteiger partial charge is 0.378 e. The summed E-state index contributed by atoms with van der Waals surface area (Å²) in [6.07, 6.45) is 5.15. The van der Waals surface area contributed by atoms with Crippen molar-refractivity contribution in [3.63, 3.8) is 0 Å². The summed E-state index contributed by atoms with van der Waals surface area (Å²) in [7, 11) is 0. The van der Waals surface area contributed by atoms with E-state index in [-0.39, 0.29) is 0 Å². The number of nitrogens with zero attached hydrogens (tertiary/aromatic N) is 1. The van der Waals surface area contributed by atoms with Crippen LogP contribution in [-0.4, -0.2) is 24.2 Å². The molecule has 0 radical (unpaired) electrons. The zero-order valence-electron chi connectivity index (χ0n) is 10.7. The van der Waals surface area contributed by atoms with Gasteiger partial charge in [0.2, 0.25) is 0 Å². The van der Waals surface area contributed by atoms with Crippen LogP contribution in [0.2, 0.25) is 5.02 Å². The van der Waals surface area contributed by atoms with Gasteiger partial charge in [-0.2, -0.15) is 0 Å². The Morgan fingerprint density at radius 2 is 2.37 bits per heavy atom. The van der Waals surface area contributed by atoms with Crippen molar-refractivity contribution < 1.29 is 4.74 Å². The molecule has 0 spiro atoms. The Morgan fingerprint density at radius 3 is 3.16 bits per heavy atom. The molecule has 1 aromatic carbocycles. The molecule has 1 unspecified atom stereocenters. The molecular formula is C14H17ClN2OS. The first kappa shape index (κ1) is 13.2. The van der Waals surface area contributed by atoms with Crippen LogP contribution in [0.15, 0.2) is 18.2 Å². The van der Waals surface area contributed by atoms with Crippen molar-refractivity contribution in [2.75, 3.05) is 18.5 Å². The summed E-state index contributed by atoms with van der Waals surface area (Å²) in [4.78, 5) is 4.54. The molecule has 1 fully saturated rings. The van der Waals surface area contributed by atoms with Crippen LogP contribution in [-0.2, 0) is 4.74 Å². The number of halogens is 1. The number of benzene rings is 1. The van der Waals surface area contributed by atoms with Gasteiger partial charge in [0.1, 0.15) is 0 Å². The summed E-state index contributed by atoms with van der Waals surface area (Å²) in [5.41, 5.74) is 0.967. The maximum Gasteiger partial charge on any atom is 0.183 e. The molecule has 1 atom stereocenters. The van der Waals surface area contributed by atoms with Gasteiger partial charge in [-0.15, -0.1) is 0 Å². The van der Waals surface area contributed by atoms with Gasteiger partial charge >= 0.3 is 0 Å². The molecule has 1 N–H and O–H groups in total. The number of nitrogens with one attached hydrogen (secondary N) is 1. The first-order chi connectivity index (χ1) is 9.33. The molecule has 1 aliphatic heterocycles. The van der Waals surface area contributed by atoms with E-state index in [9.17, 15) is 0 Å². The van der Waals surface area contributed by atoms with E-state index in [1.54, 1.807) is 11.3 Å². The molecular weight excluding hydrogens is 280 g/mol. The van der Waals surface area contributed by atoms with Crippen LogP contribution < -0.4 is 5.32 Å². The van der Waals surface area contributed by atoms with Gasteiger partial charge in [-0.1, -0.05) is 29.0 Å². The Labute approximate surface area is 121 Å². The van der Waals surface area contributed by atoms with Crippen LogP contribution in [0, 0.1) is 0 Å². The third-order valence-electron chi connectivity index (χ3n) is 3.38. The number of hydrogen-bond donors (Lipinski definition) is 1. The summed E-state index contributed by atoms with van der Waals surface area (Å²) in [6, 6.07) is 5.83. The second-order valence-electron chi connectivity index (χ2n) is 4.81. The molecule has 1 aromatic heterocycles. The Bertz CT molecular complexity index is 551. The van der Waals surface area contributed by atoms with Crippen molar-refractivity contribution in [3.05, 3.63) is 23.2 Å². The zero-order valence-corrected chi connectivity index (χ0v) is 12.3. The van der Waals surface area contributed by atoms with Crippen molar-refractivity contribution in [2.24, 2.45) is 0 Å². The minimum atomic E-state index is 0.416. The number of thiazole rings is 1. The van der Waals surface area contributed by atoms with Crippen molar-refractivity contribution in [3.8, 4) is 0 Å². The Balaban J connectivity index is 1.57. The predicted octanol–water partition coefficient (Wildman–Crippen LogP) is 4.32. The van der Waals surface area contributed by atoms with E-state index in [0.29, 0.717) is 6.10 Å². The van der Waals surface area contributed by atoms with Crippen LogP contribution in [0.4, 0.5) is 5.13 Å². The number of aromatic nitrogens is 1. The number of hydrogen-bond acceptors (Lipinski definition) is 4. The topological polar surface area (TPSA) is 34.2 Å². The summed E-state index contributed by atoms with van der Waals surface area (Å²) in [6.45, 7) is 1.82. The standard InChI is InChI=1S/C14H17ClN2OS/c15-11-5-3-6-12-13(11)19-14(17-12)16-8-7-10-4-1-2-9-18-10/h3,5-6,10H,1-2,4,7-9H2,(H,16,17). The normalized spacial score (nSPS) is 19.7.